The van der Waals surface area contributed by atoms with E-state index in [4.69, 9.17) is 5.26 Å². The Kier molecular flexibility index (Phi) is 3.00. The lowest BCUT2D eigenvalue weighted by molar-refractivity contribution is -0.143. The molecule has 1 aromatic carbocycles. The predicted molar refractivity (Wildman–Crippen MR) is 65.3 cm³/mol. The number of phenolic OH excluding ortho intramolecular Hbond substituents is 1. The third-order valence-electron chi connectivity index (χ3n) is 3.84. The van der Waals surface area contributed by atoms with Crippen LogP contribution in [-0.2, 0) is 10.2 Å². The number of carboxylic acid groups (broad SMARTS) is 1. The van der Waals surface area contributed by atoms with Crippen molar-refractivity contribution in [2.75, 3.05) is 0 Å². The lowest BCUT2D eigenvalue weighted by Gasteiger charge is -2.25. The third-order valence-corrected chi connectivity index (χ3v) is 3.84. The fourth-order valence-corrected chi connectivity index (χ4v) is 2.75. The van der Waals surface area contributed by atoms with E-state index < -0.39 is 11.4 Å². The van der Waals surface area contributed by atoms with E-state index in [1.165, 1.54) is 6.07 Å². The molecule has 2 rings (SSSR count). The fraction of sp³-hybridized carbons (Fsp3) is 0.429. The van der Waals surface area contributed by atoms with E-state index in [1.54, 1.807) is 13.0 Å². The summed E-state index contributed by atoms with van der Waals surface area (Å²) in [6.45, 7) is 1.68. The van der Waals surface area contributed by atoms with Gasteiger partial charge in [-0.25, -0.2) is 0 Å². The summed E-state index contributed by atoms with van der Waals surface area (Å²) in [5, 5.41) is 28.2. The molecule has 0 amide bonds. The van der Waals surface area contributed by atoms with Crippen LogP contribution in [0.3, 0.4) is 0 Å². The second-order valence-electron chi connectivity index (χ2n) is 4.90. The Morgan fingerprint density at radius 3 is 2.50 bits per heavy atom. The highest BCUT2D eigenvalue weighted by molar-refractivity contribution is 5.82. The molecule has 2 N–H and O–H groups in total. The predicted octanol–water partition coefficient (Wildman–Crippen LogP) is 2.47. The summed E-state index contributed by atoms with van der Waals surface area (Å²) in [6.07, 6.45) is 2.96. The van der Waals surface area contributed by atoms with Gasteiger partial charge in [-0.15, -0.1) is 0 Å². The Morgan fingerprint density at radius 2 is 2.00 bits per heavy atom. The van der Waals surface area contributed by atoms with Crippen LogP contribution in [0.15, 0.2) is 12.1 Å². The standard InChI is InChI=1S/C14H15NO3/c1-9-6-11(7-10(8-15)12(9)16)14(13(17)18)4-2-3-5-14/h6-7,16H,2-5H2,1H3,(H,17,18). The Bertz CT molecular complexity index is 537. The van der Waals surface area contributed by atoms with Crippen molar-refractivity contribution in [2.24, 2.45) is 0 Å². The summed E-state index contributed by atoms with van der Waals surface area (Å²) in [5.74, 6) is -0.895. The lowest BCUT2D eigenvalue weighted by atomic mass is 9.78. The Balaban J connectivity index is 2.60. The van der Waals surface area contributed by atoms with Crippen LogP contribution in [0, 0.1) is 18.3 Å². The van der Waals surface area contributed by atoms with E-state index in [0.717, 1.165) is 12.8 Å². The smallest absolute Gasteiger partial charge is 0.314 e. The molecule has 1 aliphatic rings. The summed E-state index contributed by atoms with van der Waals surface area (Å²) in [7, 11) is 0. The molecule has 0 aliphatic heterocycles. The molecule has 0 spiro atoms. The van der Waals surface area contributed by atoms with Crippen molar-refractivity contribution in [2.45, 2.75) is 38.0 Å². The highest BCUT2D eigenvalue weighted by Crippen LogP contribution is 2.43. The molecule has 0 radical (unpaired) electrons. The van der Waals surface area contributed by atoms with Gasteiger partial charge in [-0.1, -0.05) is 18.9 Å². The maximum atomic E-state index is 11.6. The van der Waals surface area contributed by atoms with Crippen LogP contribution in [0.1, 0.15) is 42.4 Å². The zero-order valence-corrected chi connectivity index (χ0v) is 10.2. The van der Waals surface area contributed by atoms with Crippen molar-refractivity contribution in [3.05, 3.63) is 28.8 Å². The molecular weight excluding hydrogens is 230 g/mol. The van der Waals surface area contributed by atoms with Crippen LogP contribution >= 0.6 is 0 Å². The number of aromatic hydroxyl groups is 1. The molecule has 0 saturated heterocycles. The summed E-state index contributed by atoms with van der Waals surface area (Å²) >= 11 is 0. The maximum Gasteiger partial charge on any atom is 0.314 e. The first kappa shape index (κ1) is 12.4. The number of nitrogens with zero attached hydrogens (tertiary/aromatic N) is 1. The zero-order chi connectivity index (χ0) is 13.3. The number of benzene rings is 1. The number of hydrogen-bond acceptors (Lipinski definition) is 3. The minimum atomic E-state index is -0.885. The Labute approximate surface area is 105 Å². The minimum Gasteiger partial charge on any atom is -0.506 e. The van der Waals surface area contributed by atoms with E-state index in [1.807, 2.05) is 6.07 Å². The molecule has 94 valence electrons. The SMILES string of the molecule is Cc1cc(C2(C(=O)O)CCCC2)cc(C#N)c1O. The van der Waals surface area contributed by atoms with Crippen LogP contribution in [-0.4, -0.2) is 16.2 Å². The topological polar surface area (TPSA) is 81.3 Å². The van der Waals surface area contributed by atoms with Crippen molar-refractivity contribution in [3.63, 3.8) is 0 Å². The molecule has 1 fully saturated rings. The number of carbonyl (C=O) groups is 1. The minimum absolute atomic E-state index is 0.0558. The molecule has 1 aliphatic carbocycles. The van der Waals surface area contributed by atoms with Gasteiger partial charge in [0.1, 0.15) is 11.8 Å². The molecule has 18 heavy (non-hydrogen) atoms. The van der Waals surface area contributed by atoms with E-state index in [0.29, 0.717) is 24.0 Å². The summed E-state index contributed by atoms with van der Waals surface area (Å²) in [5.41, 5.74) is 0.456. The van der Waals surface area contributed by atoms with Crippen LogP contribution in [0.25, 0.3) is 0 Å². The van der Waals surface area contributed by atoms with Gasteiger partial charge in [0.05, 0.1) is 11.0 Å². The van der Waals surface area contributed by atoms with Crippen molar-refractivity contribution in [3.8, 4) is 11.8 Å². The highest BCUT2D eigenvalue weighted by Gasteiger charge is 2.43. The quantitative estimate of drug-likeness (QED) is 0.838. The van der Waals surface area contributed by atoms with Gasteiger partial charge in [0.15, 0.2) is 0 Å². The van der Waals surface area contributed by atoms with Gasteiger partial charge in [-0.2, -0.15) is 5.26 Å². The van der Waals surface area contributed by atoms with Crippen molar-refractivity contribution in [1.29, 1.82) is 5.26 Å². The van der Waals surface area contributed by atoms with Crippen LogP contribution in [0.5, 0.6) is 5.75 Å². The van der Waals surface area contributed by atoms with E-state index in [-0.39, 0.29) is 11.3 Å². The zero-order valence-electron chi connectivity index (χ0n) is 10.2. The maximum absolute atomic E-state index is 11.6. The van der Waals surface area contributed by atoms with Crippen molar-refractivity contribution in [1.82, 2.24) is 0 Å². The largest absolute Gasteiger partial charge is 0.506 e. The monoisotopic (exact) mass is 245 g/mol. The fourth-order valence-electron chi connectivity index (χ4n) is 2.75. The molecule has 4 nitrogen and oxygen atoms in total. The molecule has 0 bridgehead atoms. The van der Waals surface area contributed by atoms with Crippen LogP contribution in [0.4, 0.5) is 0 Å². The highest BCUT2D eigenvalue weighted by atomic mass is 16.4. The number of aliphatic carboxylic acids is 1. The summed E-state index contributed by atoms with van der Waals surface area (Å²) in [6, 6.07) is 5.12. The van der Waals surface area contributed by atoms with Crippen LogP contribution < -0.4 is 0 Å². The van der Waals surface area contributed by atoms with E-state index >= 15 is 0 Å². The van der Waals surface area contributed by atoms with Gasteiger partial charge in [-0.3, -0.25) is 4.79 Å². The second kappa shape index (κ2) is 4.34. The Morgan fingerprint density at radius 1 is 1.39 bits per heavy atom. The third kappa shape index (κ3) is 1.72. The molecular formula is C14H15NO3. The first-order valence-electron chi connectivity index (χ1n) is 5.99. The molecule has 0 atom stereocenters. The molecule has 1 aromatic rings. The number of hydrogen-bond donors (Lipinski definition) is 2. The summed E-state index contributed by atoms with van der Waals surface area (Å²) in [4.78, 5) is 11.6. The normalized spacial score (nSPS) is 17.3. The number of rotatable bonds is 2. The van der Waals surface area contributed by atoms with E-state index in [9.17, 15) is 15.0 Å². The average Bonchev–Trinajstić information content (AvgIpc) is 2.83. The second-order valence-corrected chi connectivity index (χ2v) is 4.90. The molecule has 0 unspecified atom stereocenters. The average molecular weight is 245 g/mol. The number of carboxylic acids is 1. The number of nitriles is 1. The van der Waals surface area contributed by atoms with Crippen molar-refractivity contribution < 1.29 is 15.0 Å². The van der Waals surface area contributed by atoms with Gasteiger partial charge in [0, 0.05) is 0 Å². The number of phenols is 1. The van der Waals surface area contributed by atoms with E-state index in [2.05, 4.69) is 0 Å². The first-order valence-corrected chi connectivity index (χ1v) is 5.99. The molecule has 0 heterocycles. The van der Waals surface area contributed by atoms with Gasteiger partial charge in [0.25, 0.3) is 0 Å². The first-order chi connectivity index (χ1) is 8.51. The Hall–Kier alpha value is -2.02. The molecule has 4 heteroatoms. The summed E-state index contributed by atoms with van der Waals surface area (Å²) < 4.78 is 0. The molecule has 1 saturated carbocycles. The van der Waals surface area contributed by atoms with Gasteiger partial charge >= 0.3 is 5.97 Å². The number of aryl methyl sites for hydroxylation is 1. The van der Waals surface area contributed by atoms with Crippen molar-refractivity contribution >= 4 is 5.97 Å². The molecule has 0 aromatic heterocycles. The van der Waals surface area contributed by atoms with Gasteiger partial charge in [0.2, 0.25) is 0 Å². The van der Waals surface area contributed by atoms with Gasteiger partial charge < -0.3 is 10.2 Å². The van der Waals surface area contributed by atoms with Gasteiger partial charge in [-0.05, 0) is 37.0 Å². The lowest BCUT2D eigenvalue weighted by Crippen LogP contribution is -2.32. The van der Waals surface area contributed by atoms with Crippen LogP contribution in [0.2, 0.25) is 0 Å².